The molecule has 1 aromatic heterocycles. The van der Waals surface area contributed by atoms with Gasteiger partial charge in [0.15, 0.2) is 11.8 Å². The maximum Gasteiger partial charge on any atom is 0.192 e. The number of benzene rings is 1. The Morgan fingerprint density at radius 1 is 1.17 bits per heavy atom. The van der Waals surface area contributed by atoms with E-state index in [1.807, 2.05) is 36.7 Å². The molecule has 0 saturated heterocycles. The van der Waals surface area contributed by atoms with Gasteiger partial charge in [-0.05, 0) is 44.1 Å². The van der Waals surface area contributed by atoms with Crippen LogP contribution in [-0.2, 0) is 13.6 Å². The van der Waals surface area contributed by atoms with Gasteiger partial charge in [-0.2, -0.15) is 0 Å². The Morgan fingerprint density at radius 3 is 2.48 bits per heavy atom. The molecule has 29 heavy (non-hydrogen) atoms. The smallest absolute Gasteiger partial charge is 0.192 e. The molecule has 2 atom stereocenters. The quantitative estimate of drug-likeness (QED) is 0.422. The first-order valence-electron chi connectivity index (χ1n) is 10.5. The molecule has 7 heteroatoms. The second-order valence-corrected chi connectivity index (χ2v) is 8.05. The van der Waals surface area contributed by atoms with Crippen molar-refractivity contribution in [2.24, 2.45) is 23.9 Å². The van der Waals surface area contributed by atoms with Crippen LogP contribution in [0.25, 0.3) is 0 Å². The normalized spacial score (nSPS) is 14.1. The summed E-state index contributed by atoms with van der Waals surface area (Å²) in [5, 5.41) is 24.7. The van der Waals surface area contributed by atoms with Crippen LogP contribution in [0.3, 0.4) is 0 Å². The zero-order chi connectivity index (χ0) is 21.2. The molecule has 1 aromatic carbocycles. The molecule has 0 fully saturated rings. The molecule has 160 valence electrons. The minimum absolute atomic E-state index is 0.116. The van der Waals surface area contributed by atoms with Crippen LogP contribution in [0.1, 0.15) is 56.9 Å². The number of aliphatic hydroxyl groups is 1. The molecule has 0 aliphatic carbocycles. The van der Waals surface area contributed by atoms with Crippen molar-refractivity contribution in [2.75, 3.05) is 13.2 Å². The van der Waals surface area contributed by atoms with Gasteiger partial charge in [-0.3, -0.25) is 0 Å². The van der Waals surface area contributed by atoms with Crippen molar-refractivity contribution in [1.82, 2.24) is 25.4 Å². The Balaban J connectivity index is 2.10. The van der Waals surface area contributed by atoms with Gasteiger partial charge >= 0.3 is 0 Å². The van der Waals surface area contributed by atoms with Crippen LogP contribution in [0.5, 0.6) is 0 Å². The number of aliphatic hydroxyl groups excluding tert-OH is 1. The second kappa shape index (κ2) is 11.6. The third-order valence-corrected chi connectivity index (χ3v) is 5.11. The monoisotopic (exact) mass is 400 g/mol. The Labute approximate surface area is 174 Å². The van der Waals surface area contributed by atoms with Crippen molar-refractivity contribution in [1.29, 1.82) is 0 Å². The number of nitrogens with one attached hydrogen (secondary N) is 2. The van der Waals surface area contributed by atoms with Crippen LogP contribution >= 0.6 is 0 Å². The molecule has 0 aliphatic rings. The zero-order valence-electron chi connectivity index (χ0n) is 18.4. The van der Waals surface area contributed by atoms with Crippen LogP contribution in [-0.4, -0.2) is 39.0 Å². The SMILES string of the molecule is Cc1nnc(CN=C(NCC(CCO)CC(C)C)NC(C)c2ccccc2)n1C. The molecule has 0 aliphatic heterocycles. The van der Waals surface area contributed by atoms with E-state index in [1.54, 1.807) is 0 Å². The summed E-state index contributed by atoms with van der Waals surface area (Å²) < 4.78 is 1.95. The summed E-state index contributed by atoms with van der Waals surface area (Å²) in [4.78, 5) is 4.75. The first kappa shape index (κ1) is 22.9. The Kier molecular flexibility index (Phi) is 9.12. The van der Waals surface area contributed by atoms with Gasteiger partial charge in [-0.25, -0.2) is 4.99 Å². The van der Waals surface area contributed by atoms with E-state index in [0.29, 0.717) is 18.4 Å². The predicted molar refractivity (Wildman–Crippen MR) is 118 cm³/mol. The molecule has 1 heterocycles. The maximum atomic E-state index is 9.40. The summed E-state index contributed by atoms with van der Waals surface area (Å²) >= 11 is 0. The summed E-state index contributed by atoms with van der Waals surface area (Å²) in [6.07, 6.45) is 1.85. The highest BCUT2D eigenvalue weighted by Crippen LogP contribution is 2.15. The first-order chi connectivity index (χ1) is 13.9. The summed E-state index contributed by atoms with van der Waals surface area (Å²) in [6, 6.07) is 10.4. The molecule has 2 unspecified atom stereocenters. The number of rotatable bonds is 10. The van der Waals surface area contributed by atoms with E-state index >= 15 is 0 Å². The van der Waals surface area contributed by atoms with E-state index in [2.05, 4.69) is 53.7 Å². The van der Waals surface area contributed by atoms with Crippen molar-refractivity contribution in [3.63, 3.8) is 0 Å². The lowest BCUT2D eigenvalue weighted by atomic mass is 9.94. The molecule has 7 nitrogen and oxygen atoms in total. The molecule has 0 radical (unpaired) electrons. The van der Waals surface area contributed by atoms with E-state index < -0.39 is 0 Å². The van der Waals surface area contributed by atoms with Crippen molar-refractivity contribution in [3.8, 4) is 0 Å². The third kappa shape index (κ3) is 7.49. The van der Waals surface area contributed by atoms with Crippen molar-refractivity contribution >= 4 is 5.96 Å². The number of guanidine groups is 1. The third-order valence-electron chi connectivity index (χ3n) is 5.11. The van der Waals surface area contributed by atoms with Gasteiger partial charge in [0.05, 0.1) is 6.04 Å². The standard InChI is InChI=1S/C22H36N6O/c1-16(2)13-19(11-12-29)14-23-22(24-15-21-27-26-18(4)28(21)5)25-17(3)20-9-7-6-8-10-20/h6-10,16-17,19,29H,11-15H2,1-5H3,(H2,23,24,25). The van der Waals surface area contributed by atoms with Crippen molar-refractivity contribution in [2.45, 2.75) is 53.1 Å². The number of aliphatic imine (C=N–C) groups is 1. The van der Waals surface area contributed by atoms with Gasteiger partial charge in [-0.1, -0.05) is 44.2 Å². The molecule has 0 bridgehead atoms. The van der Waals surface area contributed by atoms with Gasteiger partial charge in [0.1, 0.15) is 12.4 Å². The minimum Gasteiger partial charge on any atom is -0.396 e. The largest absolute Gasteiger partial charge is 0.396 e. The van der Waals surface area contributed by atoms with Gasteiger partial charge in [0.2, 0.25) is 0 Å². The molecule has 0 amide bonds. The number of hydrogen-bond acceptors (Lipinski definition) is 4. The van der Waals surface area contributed by atoms with E-state index in [9.17, 15) is 5.11 Å². The average molecular weight is 401 g/mol. The highest BCUT2D eigenvalue weighted by molar-refractivity contribution is 5.80. The first-order valence-corrected chi connectivity index (χ1v) is 10.5. The predicted octanol–water partition coefficient (Wildman–Crippen LogP) is 2.96. The Morgan fingerprint density at radius 2 is 1.90 bits per heavy atom. The minimum atomic E-state index is 0.116. The lowest BCUT2D eigenvalue weighted by Crippen LogP contribution is -2.41. The highest BCUT2D eigenvalue weighted by atomic mass is 16.3. The summed E-state index contributed by atoms with van der Waals surface area (Å²) in [5.74, 6) is 3.43. The van der Waals surface area contributed by atoms with E-state index in [1.165, 1.54) is 5.56 Å². The van der Waals surface area contributed by atoms with E-state index in [0.717, 1.165) is 37.0 Å². The Bertz CT molecular complexity index is 756. The number of aromatic nitrogens is 3. The van der Waals surface area contributed by atoms with Gasteiger partial charge < -0.3 is 20.3 Å². The topological polar surface area (TPSA) is 87.4 Å². The second-order valence-electron chi connectivity index (χ2n) is 8.05. The molecule has 2 aromatic rings. The average Bonchev–Trinajstić information content (AvgIpc) is 3.02. The molecule has 3 N–H and O–H groups in total. The lowest BCUT2D eigenvalue weighted by Gasteiger charge is -2.23. The van der Waals surface area contributed by atoms with Gasteiger partial charge in [-0.15, -0.1) is 10.2 Å². The van der Waals surface area contributed by atoms with Crippen LogP contribution in [0.15, 0.2) is 35.3 Å². The number of hydrogen-bond donors (Lipinski definition) is 3. The summed E-state index contributed by atoms with van der Waals surface area (Å²) in [5.41, 5.74) is 1.20. The van der Waals surface area contributed by atoms with Gasteiger partial charge in [0, 0.05) is 20.2 Å². The van der Waals surface area contributed by atoms with E-state index in [-0.39, 0.29) is 12.6 Å². The fourth-order valence-corrected chi connectivity index (χ4v) is 3.31. The highest BCUT2D eigenvalue weighted by Gasteiger charge is 2.14. The maximum absolute atomic E-state index is 9.40. The molecular formula is C22H36N6O. The van der Waals surface area contributed by atoms with Crippen molar-refractivity contribution < 1.29 is 5.11 Å². The van der Waals surface area contributed by atoms with Crippen LogP contribution in [0, 0.1) is 18.8 Å². The van der Waals surface area contributed by atoms with Gasteiger partial charge in [0.25, 0.3) is 0 Å². The fourth-order valence-electron chi connectivity index (χ4n) is 3.31. The summed E-state index contributed by atoms with van der Waals surface area (Å²) in [6.45, 7) is 9.90. The lowest BCUT2D eigenvalue weighted by molar-refractivity contribution is 0.242. The molecule has 0 spiro atoms. The van der Waals surface area contributed by atoms with Crippen molar-refractivity contribution in [3.05, 3.63) is 47.5 Å². The number of nitrogens with zero attached hydrogens (tertiary/aromatic N) is 4. The molecule has 2 rings (SSSR count). The molecule has 0 saturated carbocycles. The van der Waals surface area contributed by atoms with Crippen LogP contribution in [0.2, 0.25) is 0 Å². The Hall–Kier alpha value is -2.41. The van der Waals surface area contributed by atoms with E-state index in [4.69, 9.17) is 4.99 Å². The summed E-state index contributed by atoms with van der Waals surface area (Å²) in [7, 11) is 1.95. The van der Waals surface area contributed by atoms with Crippen LogP contribution in [0.4, 0.5) is 0 Å². The fraction of sp³-hybridized carbons (Fsp3) is 0.591. The van der Waals surface area contributed by atoms with Crippen LogP contribution < -0.4 is 10.6 Å². The number of aryl methyl sites for hydroxylation is 1. The zero-order valence-corrected chi connectivity index (χ0v) is 18.4. The molecular weight excluding hydrogens is 364 g/mol.